The number of aliphatic hydroxyl groups excluding tert-OH is 1. The van der Waals surface area contributed by atoms with E-state index in [-0.39, 0.29) is 16.9 Å². The van der Waals surface area contributed by atoms with E-state index < -0.39 is 10.0 Å². The van der Waals surface area contributed by atoms with Crippen LogP contribution in [0.25, 0.3) is 0 Å². The Morgan fingerprint density at radius 2 is 1.95 bits per heavy atom. The number of aliphatic hydroxyl groups is 1. The van der Waals surface area contributed by atoms with Crippen LogP contribution in [0.4, 0.5) is 0 Å². The Kier molecular flexibility index (Phi) is 5.52. The van der Waals surface area contributed by atoms with Crippen molar-refractivity contribution in [3.05, 3.63) is 52.9 Å². The smallest absolute Gasteiger partial charge is 0.250 e. The van der Waals surface area contributed by atoms with Gasteiger partial charge in [-0.1, -0.05) is 30.3 Å². The maximum Gasteiger partial charge on any atom is 0.250 e. The van der Waals surface area contributed by atoms with E-state index in [9.17, 15) is 8.42 Å². The average molecular weight is 325 g/mol. The molecule has 2 N–H and O–H groups in total. The molecule has 4 nitrogen and oxygen atoms in total. The first-order valence-corrected chi connectivity index (χ1v) is 9.12. The minimum Gasteiger partial charge on any atom is -0.392 e. The number of hydrogen-bond acceptors (Lipinski definition) is 4. The number of thiophene rings is 1. The van der Waals surface area contributed by atoms with Crippen LogP contribution in [-0.4, -0.2) is 19.6 Å². The van der Waals surface area contributed by atoms with Gasteiger partial charge in [0.25, 0.3) is 0 Å². The van der Waals surface area contributed by atoms with Crippen LogP contribution >= 0.6 is 11.3 Å². The summed E-state index contributed by atoms with van der Waals surface area (Å²) in [6.45, 7) is 1.72. The van der Waals surface area contributed by atoms with Gasteiger partial charge in [-0.25, -0.2) is 13.1 Å². The molecule has 0 bridgehead atoms. The highest BCUT2D eigenvalue weighted by Crippen LogP contribution is 2.20. The summed E-state index contributed by atoms with van der Waals surface area (Å²) >= 11 is 1.13. The predicted octanol–water partition coefficient (Wildman–Crippen LogP) is 2.54. The number of sulfonamides is 1. The molecule has 0 radical (unpaired) electrons. The van der Waals surface area contributed by atoms with Gasteiger partial charge in [0.2, 0.25) is 10.0 Å². The van der Waals surface area contributed by atoms with Crippen LogP contribution in [0, 0.1) is 0 Å². The van der Waals surface area contributed by atoms with E-state index in [1.54, 1.807) is 5.38 Å². The highest BCUT2D eigenvalue weighted by atomic mass is 32.2. The van der Waals surface area contributed by atoms with E-state index in [1.807, 2.05) is 37.3 Å². The Morgan fingerprint density at radius 3 is 2.57 bits per heavy atom. The zero-order valence-corrected chi connectivity index (χ0v) is 13.5. The number of rotatable bonds is 7. The molecule has 1 unspecified atom stereocenters. The summed E-state index contributed by atoms with van der Waals surface area (Å²) in [5.41, 5.74) is 1.82. The molecule has 0 saturated carbocycles. The molecule has 0 spiro atoms. The summed E-state index contributed by atoms with van der Waals surface area (Å²) in [5.74, 6) is 0. The molecule has 0 fully saturated rings. The SMILES string of the molecule is CC(CCc1ccccc1)NS(=O)(=O)c1cc(CO)cs1. The molecule has 1 heterocycles. The van der Waals surface area contributed by atoms with Crippen molar-refractivity contribution in [3.63, 3.8) is 0 Å². The maximum atomic E-state index is 12.2. The van der Waals surface area contributed by atoms with Crippen LogP contribution in [0.15, 0.2) is 46.0 Å². The van der Waals surface area contributed by atoms with Gasteiger partial charge >= 0.3 is 0 Å². The van der Waals surface area contributed by atoms with E-state index in [0.717, 1.165) is 24.2 Å². The van der Waals surface area contributed by atoms with Gasteiger partial charge in [0, 0.05) is 6.04 Å². The van der Waals surface area contributed by atoms with Gasteiger partial charge in [-0.3, -0.25) is 0 Å². The van der Waals surface area contributed by atoms with Crippen molar-refractivity contribution >= 4 is 21.4 Å². The molecule has 0 amide bonds. The van der Waals surface area contributed by atoms with E-state index in [2.05, 4.69) is 4.72 Å². The molecular weight excluding hydrogens is 306 g/mol. The van der Waals surface area contributed by atoms with Crippen LogP contribution in [0.3, 0.4) is 0 Å². The molecular formula is C15H19NO3S2. The number of aryl methyl sites for hydroxylation is 1. The van der Waals surface area contributed by atoms with Crippen molar-refractivity contribution < 1.29 is 13.5 Å². The second kappa shape index (κ2) is 7.17. The molecule has 1 atom stereocenters. The van der Waals surface area contributed by atoms with Crippen LogP contribution in [-0.2, 0) is 23.1 Å². The van der Waals surface area contributed by atoms with E-state index >= 15 is 0 Å². The Balaban J connectivity index is 1.93. The second-order valence-electron chi connectivity index (χ2n) is 4.98. The third-order valence-corrected chi connectivity index (χ3v) is 6.22. The highest BCUT2D eigenvalue weighted by molar-refractivity contribution is 7.91. The molecule has 1 aromatic carbocycles. The molecule has 0 saturated heterocycles. The summed E-state index contributed by atoms with van der Waals surface area (Å²) < 4.78 is 27.3. The first kappa shape index (κ1) is 16.2. The fourth-order valence-corrected chi connectivity index (χ4v) is 4.48. The van der Waals surface area contributed by atoms with E-state index in [4.69, 9.17) is 5.11 Å². The largest absolute Gasteiger partial charge is 0.392 e. The van der Waals surface area contributed by atoms with Crippen LogP contribution in [0.5, 0.6) is 0 Å². The minimum atomic E-state index is -3.50. The Bertz CT molecular complexity index is 665. The van der Waals surface area contributed by atoms with Gasteiger partial charge in [0.05, 0.1) is 6.61 Å². The summed E-state index contributed by atoms with van der Waals surface area (Å²) in [7, 11) is -3.50. The Morgan fingerprint density at radius 1 is 1.24 bits per heavy atom. The van der Waals surface area contributed by atoms with Crippen molar-refractivity contribution in [1.82, 2.24) is 4.72 Å². The lowest BCUT2D eigenvalue weighted by atomic mass is 10.1. The van der Waals surface area contributed by atoms with Crippen molar-refractivity contribution in [2.75, 3.05) is 0 Å². The second-order valence-corrected chi connectivity index (χ2v) is 7.83. The zero-order chi connectivity index (χ0) is 15.3. The standard InChI is InChI=1S/C15H19NO3S2/c1-12(7-8-13-5-3-2-4-6-13)16-21(18,19)15-9-14(10-17)11-20-15/h2-6,9,11-12,16-17H,7-8,10H2,1H3. The van der Waals surface area contributed by atoms with Crippen molar-refractivity contribution in [1.29, 1.82) is 0 Å². The predicted molar refractivity (Wildman–Crippen MR) is 84.8 cm³/mol. The van der Waals surface area contributed by atoms with Crippen LogP contribution in [0.2, 0.25) is 0 Å². The Hall–Kier alpha value is -1.21. The number of hydrogen-bond donors (Lipinski definition) is 2. The first-order valence-electron chi connectivity index (χ1n) is 6.76. The monoisotopic (exact) mass is 325 g/mol. The summed E-state index contributed by atoms with van der Waals surface area (Å²) in [4.78, 5) is 0. The average Bonchev–Trinajstić information content (AvgIpc) is 2.96. The van der Waals surface area contributed by atoms with Crippen molar-refractivity contribution in [2.24, 2.45) is 0 Å². The molecule has 2 aromatic rings. The normalized spacial score (nSPS) is 13.2. The summed E-state index contributed by atoms with van der Waals surface area (Å²) in [6, 6.07) is 11.4. The van der Waals surface area contributed by atoms with Gasteiger partial charge < -0.3 is 5.11 Å². The van der Waals surface area contributed by atoms with Crippen molar-refractivity contribution in [2.45, 2.75) is 36.6 Å². The fourth-order valence-electron chi connectivity index (χ4n) is 1.99. The summed E-state index contributed by atoms with van der Waals surface area (Å²) in [5, 5.41) is 10.7. The lowest BCUT2D eigenvalue weighted by Gasteiger charge is -2.13. The topological polar surface area (TPSA) is 66.4 Å². The van der Waals surface area contributed by atoms with Gasteiger partial charge in [-0.2, -0.15) is 0 Å². The minimum absolute atomic E-state index is 0.143. The van der Waals surface area contributed by atoms with E-state index in [1.165, 1.54) is 11.6 Å². The molecule has 0 aliphatic carbocycles. The maximum absolute atomic E-state index is 12.2. The third-order valence-electron chi connectivity index (χ3n) is 3.14. The van der Waals surface area contributed by atoms with Gasteiger partial charge in [0.15, 0.2) is 0 Å². The zero-order valence-electron chi connectivity index (χ0n) is 11.8. The number of nitrogens with one attached hydrogen (secondary N) is 1. The molecule has 6 heteroatoms. The van der Waals surface area contributed by atoms with Crippen LogP contribution in [0.1, 0.15) is 24.5 Å². The lowest BCUT2D eigenvalue weighted by molar-refractivity contribution is 0.282. The van der Waals surface area contributed by atoms with Crippen LogP contribution < -0.4 is 4.72 Å². The van der Waals surface area contributed by atoms with E-state index in [0.29, 0.717) is 5.56 Å². The highest BCUT2D eigenvalue weighted by Gasteiger charge is 2.19. The molecule has 1 aromatic heterocycles. The molecule has 0 aliphatic heterocycles. The van der Waals surface area contributed by atoms with Gasteiger partial charge in [-0.15, -0.1) is 11.3 Å². The molecule has 2 rings (SSSR count). The third kappa shape index (κ3) is 4.64. The number of benzene rings is 1. The molecule has 0 aliphatic rings. The first-order chi connectivity index (χ1) is 10.0. The quantitative estimate of drug-likeness (QED) is 0.822. The molecule has 21 heavy (non-hydrogen) atoms. The lowest BCUT2D eigenvalue weighted by Crippen LogP contribution is -2.32. The van der Waals surface area contributed by atoms with Crippen molar-refractivity contribution in [3.8, 4) is 0 Å². The Labute approximate surface area is 129 Å². The molecule has 114 valence electrons. The van der Waals surface area contributed by atoms with Gasteiger partial charge in [-0.05, 0) is 42.3 Å². The summed E-state index contributed by atoms with van der Waals surface area (Å²) in [6.07, 6.45) is 1.57. The van der Waals surface area contributed by atoms with Gasteiger partial charge in [0.1, 0.15) is 4.21 Å². The fraction of sp³-hybridized carbons (Fsp3) is 0.333.